The number of likely N-dealkylation sites (N-methyl/N-ethyl adjacent to an activating group) is 1. The number of piperazine rings is 1. The van der Waals surface area contributed by atoms with Crippen LogP contribution in [-0.2, 0) is 0 Å². The topological polar surface area (TPSA) is 89.0 Å². The SMILES string of the molecule is CN1C[C@H]2C[C@H]1CN2c1ccc(-c2cnc(N)c(-c3nncn3-c3cccc(F)c3F)n2)cc1. The lowest BCUT2D eigenvalue weighted by molar-refractivity contribution is 0.292. The van der Waals surface area contributed by atoms with Crippen LogP contribution in [0.2, 0.25) is 0 Å². The standard InChI is InChI=1S/C24H22F2N8/c1-32-11-17-9-16(32)12-33(17)15-7-5-14(6-8-15)19-10-28-23(27)22(30-19)24-31-29-13-34(24)20-4-2-3-18(25)21(20)26/h2-8,10,13,16-17H,9,11-12H2,1H3,(H2,27,28)/t16-,17+/m0/s1. The van der Waals surface area contributed by atoms with Crippen LogP contribution in [0.5, 0.6) is 0 Å². The number of halogens is 2. The van der Waals surface area contributed by atoms with E-state index in [2.05, 4.69) is 49.1 Å². The van der Waals surface area contributed by atoms with Gasteiger partial charge in [-0.15, -0.1) is 10.2 Å². The summed E-state index contributed by atoms with van der Waals surface area (Å²) in [6.45, 7) is 2.13. The largest absolute Gasteiger partial charge is 0.382 e. The molecule has 0 aliphatic carbocycles. The van der Waals surface area contributed by atoms with Gasteiger partial charge in [0, 0.05) is 36.4 Å². The summed E-state index contributed by atoms with van der Waals surface area (Å²) >= 11 is 0. The van der Waals surface area contributed by atoms with Crippen molar-refractivity contribution >= 4 is 11.5 Å². The molecule has 2 atom stereocenters. The Morgan fingerprint density at radius 3 is 2.59 bits per heavy atom. The zero-order chi connectivity index (χ0) is 23.4. The molecule has 2 fully saturated rings. The Bertz CT molecular complexity index is 1370. The van der Waals surface area contributed by atoms with Gasteiger partial charge >= 0.3 is 0 Å². The lowest BCUT2D eigenvalue weighted by atomic mass is 10.1. The van der Waals surface area contributed by atoms with Gasteiger partial charge in [0.2, 0.25) is 0 Å². The molecule has 10 heteroatoms. The molecule has 0 saturated carbocycles. The summed E-state index contributed by atoms with van der Waals surface area (Å²) in [5.41, 5.74) is 8.93. The maximum atomic E-state index is 14.4. The molecule has 2 aromatic heterocycles. The van der Waals surface area contributed by atoms with Gasteiger partial charge in [0.25, 0.3) is 0 Å². The molecule has 2 aromatic carbocycles. The highest BCUT2D eigenvalue weighted by Gasteiger charge is 2.41. The van der Waals surface area contributed by atoms with Gasteiger partial charge in [0.15, 0.2) is 29.0 Å². The summed E-state index contributed by atoms with van der Waals surface area (Å²) < 4.78 is 29.5. The molecule has 2 saturated heterocycles. The highest BCUT2D eigenvalue weighted by molar-refractivity contribution is 5.71. The van der Waals surface area contributed by atoms with E-state index in [1.807, 2.05) is 12.1 Å². The molecule has 0 spiro atoms. The molecular weight excluding hydrogens is 438 g/mol. The third-order valence-corrected chi connectivity index (χ3v) is 6.76. The zero-order valence-corrected chi connectivity index (χ0v) is 18.4. The quantitative estimate of drug-likeness (QED) is 0.501. The Balaban J connectivity index is 1.33. The molecule has 4 heterocycles. The molecule has 2 aliphatic rings. The lowest BCUT2D eigenvalue weighted by Gasteiger charge is -2.33. The number of fused-ring (bicyclic) bond motifs is 2. The van der Waals surface area contributed by atoms with Gasteiger partial charge < -0.3 is 10.6 Å². The highest BCUT2D eigenvalue weighted by Crippen LogP contribution is 2.35. The van der Waals surface area contributed by atoms with Crippen molar-refractivity contribution in [1.29, 1.82) is 0 Å². The summed E-state index contributed by atoms with van der Waals surface area (Å²) in [5, 5.41) is 7.91. The number of aromatic nitrogens is 5. The van der Waals surface area contributed by atoms with E-state index in [4.69, 9.17) is 5.73 Å². The van der Waals surface area contributed by atoms with Crippen molar-refractivity contribution in [2.45, 2.75) is 18.5 Å². The van der Waals surface area contributed by atoms with Crippen LogP contribution in [0.25, 0.3) is 28.5 Å². The number of benzene rings is 2. The van der Waals surface area contributed by atoms with Gasteiger partial charge in [0.05, 0.1) is 17.6 Å². The van der Waals surface area contributed by atoms with Crippen LogP contribution in [0.15, 0.2) is 55.0 Å². The van der Waals surface area contributed by atoms with Crippen molar-refractivity contribution in [3.05, 3.63) is 66.6 Å². The number of nitrogens with two attached hydrogens (primary N) is 1. The lowest BCUT2D eigenvalue weighted by Crippen LogP contribution is -2.44. The van der Waals surface area contributed by atoms with E-state index in [0.29, 0.717) is 17.8 Å². The summed E-state index contributed by atoms with van der Waals surface area (Å²) in [7, 11) is 2.19. The molecule has 2 bridgehead atoms. The predicted octanol–water partition coefficient (Wildman–Crippen LogP) is 3.14. The predicted molar refractivity (Wildman–Crippen MR) is 124 cm³/mol. The first-order valence-electron chi connectivity index (χ1n) is 11.0. The number of nitrogen functional groups attached to an aromatic ring is 1. The minimum absolute atomic E-state index is 0.0403. The van der Waals surface area contributed by atoms with Crippen LogP contribution >= 0.6 is 0 Å². The normalized spacial score (nSPS) is 19.8. The van der Waals surface area contributed by atoms with E-state index >= 15 is 0 Å². The molecule has 8 nitrogen and oxygen atoms in total. The fraction of sp³-hybridized carbons (Fsp3) is 0.250. The van der Waals surface area contributed by atoms with E-state index in [1.165, 1.54) is 35.1 Å². The molecular formula is C24H22F2N8. The Kier molecular flexibility index (Phi) is 4.77. The van der Waals surface area contributed by atoms with Crippen molar-refractivity contribution in [3.8, 4) is 28.5 Å². The molecule has 34 heavy (non-hydrogen) atoms. The second kappa shape index (κ2) is 7.84. The number of hydrogen-bond acceptors (Lipinski definition) is 7. The van der Waals surface area contributed by atoms with Crippen molar-refractivity contribution in [2.75, 3.05) is 30.8 Å². The van der Waals surface area contributed by atoms with Gasteiger partial charge in [-0.05, 0) is 37.7 Å². The maximum absolute atomic E-state index is 14.4. The summed E-state index contributed by atoms with van der Waals surface area (Å²) in [6.07, 6.45) is 4.08. The van der Waals surface area contributed by atoms with Crippen LogP contribution in [0.3, 0.4) is 0 Å². The molecule has 2 N–H and O–H groups in total. The number of likely N-dealkylation sites (tertiary alicyclic amines) is 1. The van der Waals surface area contributed by atoms with Crippen LogP contribution in [0.1, 0.15) is 6.42 Å². The van der Waals surface area contributed by atoms with Crippen molar-refractivity contribution in [2.24, 2.45) is 0 Å². The van der Waals surface area contributed by atoms with Crippen LogP contribution in [0, 0.1) is 11.6 Å². The van der Waals surface area contributed by atoms with Gasteiger partial charge in [-0.1, -0.05) is 18.2 Å². The van der Waals surface area contributed by atoms with E-state index in [0.717, 1.165) is 24.7 Å². The van der Waals surface area contributed by atoms with Crippen molar-refractivity contribution in [3.63, 3.8) is 0 Å². The van der Waals surface area contributed by atoms with Gasteiger partial charge in [-0.2, -0.15) is 0 Å². The van der Waals surface area contributed by atoms with Crippen LogP contribution < -0.4 is 10.6 Å². The molecule has 4 aromatic rings. The fourth-order valence-electron chi connectivity index (χ4n) is 4.96. The Morgan fingerprint density at radius 2 is 1.85 bits per heavy atom. The third-order valence-electron chi connectivity index (χ3n) is 6.76. The zero-order valence-electron chi connectivity index (χ0n) is 18.4. The first kappa shape index (κ1) is 20.7. The first-order chi connectivity index (χ1) is 16.5. The molecule has 0 amide bonds. The molecule has 172 valence electrons. The molecule has 6 rings (SSSR count). The second-order valence-corrected chi connectivity index (χ2v) is 8.77. The van der Waals surface area contributed by atoms with Gasteiger partial charge in [0.1, 0.15) is 6.33 Å². The monoisotopic (exact) mass is 460 g/mol. The highest BCUT2D eigenvalue weighted by atomic mass is 19.2. The third kappa shape index (κ3) is 3.29. The van der Waals surface area contributed by atoms with Crippen LogP contribution in [0.4, 0.5) is 20.3 Å². The van der Waals surface area contributed by atoms with Gasteiger partial charge in [-0.25, -0.2) is 18.7 Å². The molecule has 0 unspecified atom stereocenters. The van der Waals surface area contributed by atoms with E-state index in [-0.39, 0.29) is 23.0 Å². The smallest absolute Gasteiger partial charge is 0.190 e. The number of hydrogen-bond donors (Lipinski definition) is 1. The number of nitrogens with zero attached hydrogens (tertiary/aromatic N) is 7. The Hall–Kier alpha value is -3.92. The first-order valence-corrected chi connectivity index (χ1v) is 11.0. The summed E-state index contributed by atoms with van der Waals surface area (Å²) in [5.74, 6) is -1.69. The summed E-state index contributed by atoms with van der Waals surface area (Å²) in [4.78, 5) is 13.8. The fourth-order valence-corrected chi connectivity index (χ4v) is 4.96. The summed E-state index contributed by atoms with van der Waals surface area (Å²) in [6, 6.07) is 13.3. The second-order valence-electron chi connectivity index (χ2n) is 8.77. The van der Waals surface area contributed by atoms with E-state index in [1.54, 1.807) is 6.20 Å². The van der Waals surface area contributed by atoms with Crippen LogP contribution in [-0.4, -0.2) is 61.9 Å². The van der Waals surface area contributed by atoms with E-state index in [9.17, 15) is 8.78 Å². The minimum atomic E-state index is -1.01. The average Bonchev–Trinajstić information content (AvgIpc) is 3.57. The van der Waals surface area contributed by atoms with Crippen molar-refractivity contribution < 1.29 is 8.78 Å². The minimum Gasteiger partial charge on any atom is -0.382 e. The molecule has 2 aliphatic heterocycles. The Morgan fingerprint density at radius 1 is 1.03 bits per heavy atom. The van der Waals surface area contributed by atoms with Gasteiger partial charge in [-0.3, -0.25) is 9.47 Å². The molecule has 0 radical (unpaired) electrons. The van der Waals surface area contributed by atoms with Crippen molar-refractivity contribution in [1.82, 2.24) is 29.6 Å². The average molecular weight is 460 g/mol. The Labute approximate surface area is 194 Å². The number of rotatable bonds is 4. The van der Waals surface area contributed by atoms with E-state index < -0.39 is 11.6 Å². The maximum Gasteiger partial charge on any atom is 0.190 e. The number of anilines is 2.